The molecule has 0 aliphatic heterocycles. The molecule has 2 N–H and O–H groups in total. The van der Waals surface area contributed by atoms with Gasteiger partial charge in [0.15, 0.2) is 5.60 Å². The van der Waals surface area contributed by atoms with E-state index in [9.17, 15) is 19.5 Å². The molecule has 0 atom stereocenters. The minimum Gasteiger partial charge on any atom is -0.466 e. The molecule has 0 radical (unpaired) electrons. The lowest BCUT2D eigenvalue weighted by molar-refractivity contribution is -0.177. The van der Waals surface area contributed by atoms with E-state index >= 15 is 0 Å². The van der Waals surface area contributed by atoms with Crippen LogP contribution in [0.3, 0.4) is 0 Å². The zero-order valence-corrected chi connectivity index (χ0v) is 13.6. The SMILES string of the molecule is CCO.CCOC(=O)CC(O)(CC(=O)OCC)C(=O)OCC. The first kappa shape index (κ1) is 22.6. The van der Waals surface area contributed by atoms with Gasteiger partial charge in [0.1, 0.15) is 0 Å². The molecule has 22 heavy (non-hydrogen) atoms. The van der Waals surface area contributed by atoms with Crippen molar-refractivity contribution in [1.29, 1.82) is 0 Å². The average Bonchev–Trinajstić information content (AvgIpc) is 2.39. The molecule has 0 fully saturated rings. The quantitative estimate of drug-likeness (QED) is 0.480. The Bertz CT molecular complexity index is 320. The van der Waals surface area contributed by atoms with Crippen LogP contribution in [0.2, 0.25) is 0 Å². The van der Waals surface area contributed by atoms with Gasteiger partial charge in [-0.3, -0.25) is 9.59 Å². The summed E-state index contributed by atoms with van der Waals surface area (Å²) in [5, 5.41) is 17.7. The zero-order chi connectivity index (χ0) is 17.6. The Kier molecular flexibility index (Phi) is 13.4. The van der Waals surface area contributed by atoms with Crippen molar-refractivity contribution in [2.45, 2.75) is 46.1 Å². The van der Waals surface area contributed by atoms with Gasteiger partial charge >= 0.3 is 17.9 Å². The molecule has 0 aromatic carbocycles. The Hall–Kier alpha value is -1.67. The van der Waals surface area contributed by atoms with Crippen molar-refractivity contribution in [2.75, 3.05) is 26.4 Å². The Labute approximate surface area is 130 Å². The van der Waals surface area contributed by atoms with Crippen molar-refractivity contribution in [3.8, 4) is 0 Å². The number of carbonyl (C=O) groups excluding carboxylic acids is 3. The van der Waals surface area contributed by atoms with Crippen molar-refractivity contribution >= 4 is 17.9 Å². The molecule has 0 unspecified atom stereocenters. The van der Waals surface area contributed by atoms with Crippen LogP contribution in [0.4, 0.5) is 0 Å². The van der Waals surface area contributed by atoms with E-state index in [1.165, 1.54) is 0 Å². The lowest BCUT2D eigenvalue weighted by Crippen LogP contribution is -2.44. The summed E-state index contributed by atoms with van der Waals surface area (Å²) < 4.78 is 14.0. The van der Waals surface area contributed by atoms with E-state index in [0.717, 1.165) is 0 Å². The summed E-state index contributed by atoms with van der Waals surface area (Å²) in [6.45, 7) is 6.90. The molecule has 0 heterocycles. The zero-order valence-electron chi connectivity index (χ0n) is 13.6. The highest BCUT2D eigenvalue weighted by Gasteiger charge is 2.43. The lowest BCUT2D eigenvalue weighted by atomic mass is 9.95. The minimum absolute atomic E-state index is 0.0206. The Morgan fingerprint density at radius 2 is 1.14 bits per heavy atom. The van der Waals surface area contributed by atoms with E-state index in [1.807, 2.05) is 0 Å². The van der Waals surface area contributed by atoms with Crippen LogP contribution in [0, 0.1) is 0 Å². The topological polar surface area (TPSA) is 119 Å². The van der Waals surface area contributed by atoms with E-state index in [0.29, 0.717) is 0 Å². The van der Waals surface area contributed by atoms with Crippen LogP contribution in [0.5, 0.6) is 0 Å². The van der Waals surface area contributed by atoms with Crippen LogP contribution in [0.1, 0.15) is 40.5 Å². The van der Waals surface area contributed by atoms with Gasteiger partial charge in [-0.1, -0.05) is 0 Å². The monoisotopic (exact) mass is 322 g/mol. The second-order valence-corrected chi connectivity index (χ2v) is 4.03. The summed E-state index contributed by atoms with van der Waals surface area (Å²) >= 11 is 0. The van der Waals surface area contributed by atoms with Gasteiger partial charge in [-0.15, -0.1) is 0 Å². The van der Waals surface area contributed by atoms with Crippen molar-refractivity contribution in [3.05, 3.63) is 0 Å². The van der Waals surface area contributed by atoms with Crippen LogP contribution in [-0.2, 0) is 28.6 Å². The second kappa shape index (κ2) is 13.0. The molecule has 0 rings (SSSR count). The fourth-order valence-corrected chi connectivity index (χ4v) is 1.37. The molecule has 0 spiro atoms. The van der Waals surface area contributed by atoms with E-state index in [4.69, 9.17) is 5.11 Å². The first-order valence-electron chi connectivity index (χ1n) is 7.12. The van der Waals surface area contributed by atoms with Crippen LogP contribution >= 0.6 is 0 Å². The number of hydrogen-bond acceptors (Lipinski definition) is 8. The molecule has 0 aromatic rings. The number of carbonyl (C=O) groups is 3. The molecule has 0 bridgehead atoms. The van der Waals surface area contributed by atoms with E-state index in [2.05, 4.69) is 14.2 Å². The first-order chi connectivity index (χ1) is 10.3. The van der Waals surface area contributed by atoms with Gasteiger partial charge in [0.05, 0.1) is 32.7 Å². The molecule has 0 aliphatic carbocycles. The van der Waals surface area contributed by atoms with Gasteiger partial charge < -0.3 is 24.4 Å². The predicted octanol–water partition coefficient (Wildman–Crippen LogP) is 0.186. The largest absolute Gasteiger partial charge is 0.466 e. The molecule has 130 valence electrons. The van der Waals surface area contributed by atoms with Gasteiger partial charge in [0.25, 0.3) is 0 Å². The Morgan fingerprint density at radius 1 is 0.818 bits per heavy atom. The standard InChI is InChI=1S/C12H20O7.C2H6O/c1-4-17-9(13)7-12(16,11(15)19-6-3)8-10(14)18-5-2;1-2-3/h16H,4-8H2,1-3H3;3H,2H2,1H3. The maximum atomic E-state index is 11.7. The molecule has 0 aliphatic rings. The average molecular weight is 322 g/mol. The van der Waals surface area contributed by atoms with Crippen LogP contribution in [-0.4, -0.2) is 60.1 Å². The molecular weight excluding hydrogens is 296 g/mol. The highest BCUT2D eigenvalue weighted by Crippen LogP contribution is 2.19. The maximum Gasteiger partial charge on any atom is 0.339 e. The fourth-order valence-electron chi connectivity index (χ4n) is 1.37. The summed E-state index contributed by atoms with van der Waals surface area (Å²) in [5.41, 5.74) is -2.26. The number of hydrogen-bond donors (Lipinski definition) is 2. The van der Waals surface area contributed by atoms with Crippen molar-refractivity contribution < 1.29 is 38.8 Å². The second-order valence-electron chi connectivity index (χ2n) is 4.03. The number of esters is 3. The minimum atomic E-state index is -2.26. The van der Waals surface area contributed by atoms with Gasteiger partial charge in [0, 0.05) is 6.61 Å². The predicted molar refractivity (Wildman–Crippen MR) is 76.8 cm³/mol. The molecular formula is C14H26O8. The van der Waals surface area contributed by atoms with Crippen LogP contribution in [0.25, 0.3) is 0 Å². The van der Waals surface area contributed by atoms with Crippen molar-refractivity contribution in [1.82, 2.24) is 0 Å². The van der Waals surface area contributed by atoms with Crippen LogP contribution in [0.15, 0.2) is 0 Å². The number of rotatable bonds is 8. The molecule has 8 nitrogen and oxygen atoms in total. The third kappa shape index (κ3) is 10.1. The maximum absolute atomic E-state index is 11.7. The first-order valence-corrected chi connectivity index (χ1v) is 7.12. The fraction of sp³-hybridized carbons (Fsp3) is 0.786. The third-order valence-electron chi connectivity index (χ3n) is 2.14. The summed E-state index contributed by atoms with van der Waals surface area (Å²) in [7, 11) is 0. The Balaban J connectivity index is 0. The molecule has 0 aromatic heterocycles. The van der Waals surface area contributed by atoms with Gasteiger partial charge in [-0.05, 0) is 27.7 Å². The Morgan fingerprint density at radius 3 is 1.41 bits per heavy atom. The van der Waals surface area contributed by atoms with E-state index in [1.54, 1.807) is 27.7 Å². The normalized spacial score (nSPS) is 10.1. The highest BCUT2D eigenvalue weighted by atomic mass is 16.6. The molecule has 0 saturated carbocycles. The van der Waals surface area contributed by atoms with Crippen molar-refractivity contribution in [2.24, 2.45) is 0 Å². The van der Waals surface area contributed by atoms with Gasteiger partial charge in [0.2, 0.25) is 0 Å². The smallest absolute Gasteiger partial charge is 0.339 e. The highest BCUT2D eigenvalue weighted by molar-refractivity contribution is 5.90. The number of ether oxygens (including phenoxy) is 3. The van der Waals surface area contributed by atoms with E-state index < -0.39 is 36.4 Å². The molecule has 0 saturated heterocycles. The molecule has 8 heteroatoms. The van der Waals surface area contributed by atoms with Crippen molar-refractivity contribution in [3.63, 3.8) is 0 Å². The molecule has 0 amide bonds. The lowest BCUT2D eigenvalue weighted by Gasteiger charge is -2.23. The summed E-state index contributed by atoms with van der Waals surface area (Å²) in [4.78, 5) is 34.4. The van der Waals surface area contributed by atoms with E-state index in [-0.39, 0.29) is 26.4 Å². The van der Waals surface area contributed by atoms with Gasteiger partial charge in [-0.2, -0.15) is 0 Å². The van der Waals surface area contributed by atoms with Gasteiger partial charge in [-0.25, -0.2) is 4.79 Å². The number of aliphatic hydroxyl groups is 2. The summed E-state index contributed by atoms with van der Waals surface area (Å²) in [6.07, 6.45) is -1.31. The van der Waals surface area contributed by atoms with Crippen LogP contribution < -0.4 is 0 Å². The third-order valence-corrected chi connectivity index (χ3v) is 2.14. The summed E-state index contributed by atoms with van der Waals surface area (Å²) in [6, 6.07) is 0. The summed E-state index contributed by atoms with van der Waals surface area (Å²) in [5.74, 6) is -2.62. The number of aliphatic hydroxyl groups excluding tert-OH is 1.